The number of aryl methyl sites for hydroxylation is 6. The largest absolute Gasteiger partial charge is 0.507 e. The zero-order chi connectivity index (χ0) is 43.3. The van der Waals surface area contributed by atoms with Gasteiger partial charge in [0.2, 0.25) is 0 Å². The molecule has 0 aliphatic rings. The third-order valence-electron chi connectivity index (χ3n) is 11.2. The first-order valence-electron chi connectivity index (χ1n) is 21.2. The number of benzene rings is 3. The molecule has 0 spiro atoms. The highest BCUT2D eigenvalue weighted by Gasteiger charge is 2.29. The van der Waals surface area contributed by atoms with Gasteiger partial charge in [-0.3, -0.25) is 0 Å². The molecule has 0 aliphatic carbocycles. The second-order valence-electron chi connectivity index (χ2n) is 22.9. The van der Waals surface area contributed by atoms with Gasteiger partial charge >= 0.3 is 0 Å². The molecule has 1 aromatic heterocycles. The van der Waals surface area contributed by atoms with E-state index in [0.717, 1.165) is 82.7 Å². The average Bonchev–Trinajstić information content (AvgIpc) is 3.03. The number of rotatable bonds is 9. The standard InChI is InChI=1S/C52H76N2O3/c1-47(2,3)37-25-32(26-38(44(37)55)48(4,5)6)19-22-35-31-36(23-20-33-27-39(49(7,8)9)45(56)40(28-33)50(10,11)12)54-43(53-35)24-21-34-29-41(51(13,14)15)46(57)42(30-34)52(16,17)18/h25-31,55-57H,19-24H2,1-18H3. The van der Waals surface area contributed by atoms with Crippen molar-refractivity contribution in [2.75, 3.05) is 0 Å². The molecule has 0 unspecified atom stereocenters. The van der Waals surface area contributed by atoms with E-state index < -0.39 is 0 Å². The van der Waals surface area contributed by atoms with Crippen LogP contribution < -0.4 is 0 Å². The average molecular weight is 777 g/mol. The molecule has 0 amide bonds. The van der Waals surface area contributed by atoms with E-state index in [9.17, 15) is 15.3 Å². The van der Waals surface area contributed by atoms with Crippen molar-refractivity contribution in [1.82, 2.24) is 9.97 Å². The molecule has 0 saturated heterocycles. The smallest absolute Gasteiger partial charge is 0.129 e. The first-order valence-corrected chi connectivity index (χ1v) is 21.2. The lowest BCUT2D eigenvalue weighted by atomic mass is 9.78. The van der Waals surface area contributed by atoms with Gasteiger partial charge in [0.05, 0.1) is 0 Å². The quantitative estimate of drug-likeness (QED) is 0.158. The Morgan fingerprint density at radius 1 is 0.316 bits per heavy atom. The summed E-state index contributed by atoms with van der Waals surface area (Å²) in [6, 6.07) is 15.3. The zero-order valence-electron chi connectivity index (χ0n) is 39.0. The number of nitrogens with zero attached hydrogens (tertiary/aromatic N) is 2. The first kappa shape index (κ1) is 45.8. The van der Waals surface area contributed by atoms with Gasteiger partial charge in [0, 0.05) is 17.8 Å². The molecule has 0 atom stereocenters. The van der Waals surface area contributed by atoms with Crippen LogP contribution in [0.5, 0.6) is 17.2 Å². The summed E-state index contributed by atoms with van der Waals surface area (Å²) in [6.45, 7) is 38.9. The minimum absolute atomic E-state index is 0.197. The highest BCUT2D eigenvalue weighted by atomic mass is 16.3. The Hall–Kier alpha value is -3.86. The van der Waals surface area contributed by atoms with Gasteiger partial charge < -0.3 is 15.3 Å². The summed E-state index contributed by atoms with van der Waals surface area (Å²) in [5, 5.41) is 34.1. The molecule has 57 heavy (non-hydrogen) atoms. The first-order chi connectivity index (χ1) is 25.8. The summed E-state index contributed by atoms with van der Waals surface area (Å²) in [4.78, 5) is 10.4. The molecule has 312 valence electrons. The lowest BCUT2D eigenvalue weighted by Crippen LogP contribution is -2.18. The Kier molecular flexibility index (Phi) is 12.9. The molecular formula is C52H76N2O3. The maximum absolute atomic E-state index is 11.4. The van der Waals surface area contributed by atoms with Crippen molar-refractivity contribution >= 4 is 0 Å². The van der Waals surface area contributed by atoms with Crippen LogP contribution in [0.15, 0.2) is 42.5 Å². The Bertz CT molecular complexity index is 1710. The van der Waals surface area contributed by atoms with Crippen LogP contribution in [0.2, 0.25) is 0 Å². The highest BCUT2D eigenvalue weighted by molar-refractivity contribution is 5.52. The lowest BCUT2D eigenvalue weighted by molar-refractivity contribution is 0.422. The van der Waals surface area contributed by atoms with Crippen LogP contribution in [-0.4, -0.2) is 25.3 Å². The van der Waals surface area contributed by atoms with E-state index in [-0.39, 0.29) is 32.5 Å². The van der Waals surface area contributed by atoms with E-state index >= 15 is 0 Å². The summed E-state index contributed by atoms with van der Waals surface area (Å²) < 4.78 is 0. The van der Waals surface area contributed by atoms with Gasteiger partial charge in [0.15, 0.2) is 0 Å². The van der Waals surface area contributed by atoms with Crippen molar-refractivity contribution < 1.29 is 15.3 Å². The van der Waals surface area contributed by atoms with Gasteiger partial charge in [0.25, 0.3) is 0 Å². The second-order valence-corrected chi connectivity index (χ2v) is 22.9. The molecule has 1 heterocycles. The molecular weight excluding hydrogens is 701 g/mol. The van der Waals surface area contributed by atoms with Crippen LogP contribution in [0.1, 0.15) is 192 Å². The third-order valence-corrected chi connectivity index (χ3v) is 11.2. The Labute approximate surface area is 346 Å². The molecule has 3 N–H and O–H groups in total. The molecule has 0 bridgehead atoms. The van der Waals surface area contributed by atoms with E-state index in [0.29, 0.717) is 23.7 Å². The Balaban J connectivity index is 1.77. The normalized spacial score (nSPS) is 13.4. The number of aromatic nitrogens is 2. The van der Waals surface area contributed by atoms with Crippen molar-refractivity contribution in [2.45, 2.75) is 196 Å². The number of aromatic hydroxyl groups is 3. The maximum Gasteiger partial charge on any atom is 0.129 e. The van der Waals surface area contributed by atoms with Crippen molar-refractivity contribution in [3.8, 4) is 17.2 Å². The second kappa shape index (κ2) is 16.1. The summed E-state index contributed by atoms with van der Waals surface area (Å²) in [6.07, 6.45) is 4.55. The number of hydrogen-bond acceptors (Lipinski definition) is 5. The van der Waals surface area contributed by atoms with Crippen molar-refractivity contribution in [1.29, 1.82) is 0 Å². The van der Waals surface area contributed by atoms with E-state index in [1.54, 1.807) is 0 Å². The Morgan fingerprint density at radius 2 is 0.526 bits per heavy atom. The molecule has 0 saturated carbocycles. The monoisotopic (exact) mass is 777 g/mol. The van der Waals surface area contributed by atoms with Gasteiger partial charge in [-0.2, -0.15) is 0 Å². The molecule has 3 aromatic carbocycles. The van der Waals surface area contributed by atoms with Crippen LogP contribution >= 0.6 is 0 Å². The molecule has 5 nitrogen and oxygen atoms in total. The number of phenols is 3. The molecule has 0 fully saturated rings. The van der Waals surface area contributed by atoms with Crippen LogP contribution in [0.4, 0.5) is 0 Å². The fourth-order valence-electron chi connectivity index (χ4n) is 7.73. The Morgan fingerprint density at radius 3 is 0.737 bits per heavy atom. The van der Waals surface area contributed by atoms with Crippen molar-refractivity contribution in [3.05, 3.63) is 110 Å². The van der Waals surface area contributed by atoms with Crippen molar-refractivity contribution in [2.24, 2.45) is 0 Å². The number of phenolic OH excluding ortho intramolecular Hbond substituents is 3. The predicted molar refractivity (Wildman–Crippen MR) is 241 cm³/mol. The molecule has 0 aliphatic heterocycles. The van der Waals surface area contributed by atoms with Crippen LogP contribution in [-0.2, 0) is 71.0 Å². The SMILES string of the molecule is CC(C)(C)c1cc(CCc2cc(CCc3cc(C(C)(C)C)c(O)c(C(C)(C)C)c3)nc(CCc3cc(C(C)(C)C)c(O)c(C(C)(C)C)c3)n2)cc(C(C)(C)C)c1O. The van der Waals surface area contributed by atoms with Gasteiger partial charge in [0.1, 0.15) is 23.1 Å². The van der Waals surface area contributed by atoms with Gasteiger partial charge in [-0.25, -0.2) is 9.97 Å². The zero-order valence-corrected chi connectivity index (χ0v) is 39.0. The summed E-state index contributed by atoms with van der Waals surface area (Å²) in [7, 11) is 0. The fraction of sp³-hybridized carbons (Fsp3) is 0.577. The molecule has 4 rings (SSSR count). The topological polar surface area (TPSA) is 86.5 Å². The molecule has 0 radical (unpaired) electrons. The van der Waals surface area contributed by atoms with Gasteiger partial charge in [-0.1, -0.05) is 161 Å². The molecule has 5 heteroatoms. The minimum atomic E-state index is -0.203. The lowest BCUT2D eigenvalue weighted by Gasteiger charge is -2.28. The van der Waals surface area contributed by atoms with Gasteiger partial charge in [-0.05, 0) is 121 Å². The molecule has 4 aromatic rings. The summed E-state index contributed by atoms with van der Waals surface area (Å²) in [5.74, 6) is 2.04. The van der Waals surface area contributed by atoms with Gasteiger partial charge in [-0.15, -0.1) is 0 Å². The van der Waals surface area contributed by atoms with E-state index in [1.165, 1.54) is 16.7 Å². The van der Waals surface area contributed by atoms with Crippen LogP contribution in [0, 0.1) is 0 Å². The summed E-state index contributed by atoms with van der Waals surface area (Å²) >= 11 is 0. The van der Waals surface area contributed by atoms with Crippen molar-refractivity contribution in [3.63, 3.8) is 0 Å². The fourth-order valence-corrected chi connectivity index (χ4v) is 7.73. The van der Waals surface area contributed by atoms with Crippen LogP contribution in [0.3, 0.4) is 0 Å². The minimum Gasteiger partial charge on any atom is -0.507 e. The predicted octanol–water partition coefficient (Wildman–Crippen LogP) is 12.7. The van der Waals surface area contributed by atoms with E-state index in [4.69, 9.17) is 9.97 Å². The van der Waals surface area contributed by atoms with Crippen LogP contribution in [0.25, 0.3) is 0 Å². The van der Waals surface area contributed by atoms with E-state index in [2.05, 4.69) is 167 Å². The van der Waals surface area contributed by atoms with E-state index in [1.807, 2.05) is 0 Å². The number of hydrogen-bond donors (Lipinski definition) is 3. The third kappa shape index (κ3) is 11.4. The highest BCUT2D eigenvalue weighted by Crippen LogP contribution is 2.43. The maximum atomic E-state index is 11.4. The summed E-state index contributed by atoms with van der Waals surface area (Å²) in [5.41, 5.74) is 10.3.